The number of rotatable bonds is 3. The molecule has 3 rings (SSSR count). The van der Waals surface area contributed by atoms with Gasteiger partial charge in [0, 0.05) is 24.3 Å². The maximum absolute atomic E-state index is 12.1. The van der Waals surface area contributed by atoms with E-state index in [1.54, 1.807) is 17.0 Å². The summed E-state index contributed by atoms with van der Waals surface area (Å²) < 4.78 is 5.48. The molecule has 0 atom stereocenters. The Kier molecular flexibility index (Phi) is 4.69. The molecule has 1 aromatic carbocycles. The van der Waals surface area contributed by atoms with Crippen LogP contribution in [0.4, 0.5) is 16.2 Å². The van der Waals surface area contributed by atoms with Crippen LogP contribution in [0.5, 0.6) is 5.75 Å². The number of urea groups is 1. The number of nitrogens with one attached hydrogen (secondary N) is 2. The average Bonchev–Trinajstić information content (AvgIpc) is 2.56. The van der Waals surface area contributed by atoms with Gasteiger partial charge in [0.1, 0.15) is 5.75 Å². The lowest BCUT2D eigenvalue weighted by atomic mass is 9.96. The zero-order valence-electron chi connectivity index (χ0n) is 13.4. The number of hydrogen-bond acceptors (Lipinski definition) is 3. The van der Waals surface area contributed by atoms with Crippen molar-refractivity contribution in [2.24, 2.45) is 0 Å². The highest BCUT2D eigenvalue weighted by Gasteiger charge is 2.24. The van der Waals surface area contributed by atoms with Crippen LogP contribution < -0.4 is 20.3 Å². The Morgan fingerprint density at radius 1 is 1.30 bits per heavy atom. The van der Waals surface area contributed by atoms with Crippen molar-refractivity contribution >= 4 is 23.3 Å². The van der Waals surface area contributed by atoms with E-state index in [1.165, 1.54) is 19.3 Å². The van der Waals surface area contributed by atoms with E-state index in [0.29, 0.717) is 18.0 Å². The SMILES string of the molecule is CCN1C(=O)COc2cc(NC(=O)NC3CCCCC3)ccc21. The summed E-state index contributed by atoms with van der Waals surface area (Å²) in [6.07, 6.45) is 5.72. The number of anilines is 2. The molecular formula is C17H23N3O3. The number of carbonyl (C=O) groups excluding carboxylic acids is 2. The van der Waals surface area contributed by atoms with Gasteiger partial charge in [-0.15, -0.1) is 0 Å². The van der Waals surface area contributed by atoms with Crippen molar-refractivity contribution in [2.75, 3.05) is 23.4 Å². The number of nitrogens with zero attached hydrogens (tertiary/aromatic N) is 1. The van der Waals surface area contributed by atoms with Crippen molar-refractivity contribution in [3.8, 4) is 5.75 Å². The van der Waals surface area contributed by atoms with Crippen molar-refractivity contribution in [3.05, 3.63) is 18.2 Å². The first kappa shape index (κ1) is 15.6. The lowest BCUT2D eigenvalue weighted by molar-refractivity contribution is -0.121. The molecule has 6 heteroatoms. The predicted octanol–water partition coefficient (Wildman–Crippen LogP) is 2.89. The molecule has 0 radical (unpaired) electrons. The van der Waals surface area contributed by atoms with Gasteiger partial charge in [-0.3, -0.25) is 4.79 Å². The molecule has 1 saturated carbocycles. The molecule has 0 unspecified atom stereocenters. The molecule has 1 aromatic rings. The molecule has 3 amide bonds. The maximum atomic E-state index is 12.1. The van der Waals surface area contributed by atoms with Crippen LogP contribution >= 0.6 is 0 Å². The number of ether oxygens (including phenoxy) is 1. The number of hydrogen-bond donors (Lipinski definition) is 2. The minimum Gasteiger partial charge on any atom is -0.481 e. The lowest BCUT2D eigenvalue weighted by Gasteiger charge is -2.28. The van der Waals surface area contributed by atoms with Crippen molar-refractivity contribution in [1.82, 2.24) is 5.32 Å². The number of benzene rings is 1. The summed E-state index contributed by atoms with van der Waals surface area (Å²) in [5, 5.41) is 5.87. The second-order valence-corrected chi connectivity index (χ2v) is 6.04. The zero-order chi connectivity index (χ0) is 16.2. The fourth-order valence-corrected chi connectivity index (χ4v) is 3.23. The molecule has 1 aliphatic heterocycles. The van der Waals surface area contributed by atoms with E-state index in [1.807, 2.05) is 13.0 Å². The standard InChI is InChI=1S/C17H23N3O3/c1-2-20-14-9-8-13(10-15(14)23-11-16(20)21)19-17(22)18-12-6-4-3-5-7-12/h8-10,12H,2-7,11H2,1H3,(H2,18,19,22). The Balaban J connectivity index is 1.65. The first-order chi connectivity index (χ1) is 11.2. The zero-order valence-corrected chi connectivity index (χ0v) is 13.4. The molecule has 23 heavy (non-hydrogen) atoms. The largest absolute Gasteiger partial charge is 0.481 e. The summed E-state index contributed by atoms with van der Waals surface area (Å²) in [5.41, 5.74) is 1.42. The Morgan fingerprint density at radius 2 is 2.09 bits per heavy atom. The summed E-state index contributed by atoms with van der Waals surface area (Å²) in [6.45, 7) is 2.57. The van der Waals surface area contributed by atoms with E-state index < -0.39 is 0 Å². The van der Waals surface area contributed by atoms with Crippen LogP contribution in [-0.2, 0) is 4.79 Å². The van der Waals surface area contributed by atoms with E-state index in [9.17, 15) is 9.59 Å². The third-order valence-corrected chi connectivity index (χ3v) is 4.42. The molecule has 1 fully saturated rings. The topological polar surface area (TPSA) is 70.7 Å². The van der Waals surface area contributed by atoms with E-state index in [0.717, 1.165) is 18.5 Å². The quantitative estimate of drug-likeness (QED) is 0.900. The smallest absolute Gasteiger partial charge is 0.319 e. The molecule has 0 aromatic heterocycles. The first-order valence-electron chi connectivity index (χ1n) is 8.32. The molecule has 0 saturated heterocycles. The van der Waals surface area contributed by atoms with E-state index >= 15 is 0 Å². The number of amides is 3. The second-order valence-electron chi connectivity index (χ2n) is 6.04. The highest BCUT2D eigenvalue weighted by molar-refractivity contribution is 5.98. The molecule has 1 heterocycles. The summed E-state index contributed by atoms with van der Waals surface area (Å²) in [7, 11) is 0. The third kappa shape index (κ3) is 3.57. The second kappa shape index (κ2) is 6.89. The van der Waals surface area contributed by atoms with Gasteiger partial charge in [-0.25, -0.2) is 4.79 Å². The van der Waals surface area contributed by atoms with Gasteiger partial charge in [0.15, 0.2) is 6.61 Å². The Labute approximate surface area is 136 Å². The number of carbonyl (C=O) groups is 2. The van der Waals surface area contributed by atoms with Crippen molar-refractivity contribution in [2.45, 2.75) is 45.1 Å². The first-order valence-corrected chi connectivity index (χ1v) is 8.32. The van der Waals surface area contributed by atoms with Gasteiger partial charge in [-0.1, -0.05) is 19.3 Å². The van der Waals surface area contributed by atoms with Gasteiger partial charge in [-0.05, 0) is 31.9 Å². The Morgan fingerprint density at radius 3 is 2.83 bits per heavy atom. The average molecular weight is 317 g/mol. The molecule has 1 aliphatic carbocycles. The number of likely N-dealkylation sites (N-methyl/N-ethyl adjacent to an activating group) is 1. The van der Waals surface area contributed by atoms with Gasteiger partial charge < -0.3 is 20.3 Å². The fourth-order valence-electron chi connectivity index (χ4n) is 3.23. The van der Waals surface area contributed by atoms with Crippen molar-refractivity contribution in [3.63, 3.8) is 0 Å². The van der Waals surface area contributed by atoms with Gasteiger partial charge in [-0.2, -0.15) is 0 Å². The predicted molar refractivity (Wildman–Crippen MR) is 89.0 cm³/mol. The lowest BCUT2D eigenvalue weighted by Crippen LogP contribution is -2.39. The summed E-state index contributed by atoms with van der Waals surface area (Å²) in [6, 6.07) is 5.46. The minimum absolute atomic E-state index is 0.0402. The third-order valence-electron chi connectivity index (χ3n) is 4.42. The molecule has 0 bridgehead atoms. The van der Waals surface area contributed by atoms with Crippen LogP contribution in [0.2, 0.25) is 0 Å². The van der Waals surface area contributed by atoms with Crippen LogP contribution in [-0.4, -0.2) is 31.1 Å². The van der Waals surface area contributed by atoms with Crippen LogP contribution in [0.1, 0.15) is 39.0 Å². The molecule has 124 valence electrons. The molecular weight excluding hydrogens is 294 g/mol. The van der Waals surface area contributed by atoms with E-state index in [4.69, 9.17) is 4.74 Å². The van der Waals surface area contributed by atoms with Gasteiger partial charge >= 0.3 is 6.03 Å². The highest BCUT2D eigenvalue weighted by atomic mass is 16.5. The van der Waals surface area contributed by atoms with Gasteiger partial charge in [0.25, 0.3) is 5.91 Å². The normalized spacial score (nSPS) is 18.1. The monoisotopic (exact) mass is 317 g/mol. The van der Waals surface area contributed by atoms with Crippen LogP contribution in [0.15, 0.2) is 18.2 Å². The molecule has 2 aliphatic rings. The molecule has 2 N–H and O–H groups in total. The fraction of sp³-hybridized carbons (Fsp3) is 0.529. The van der Waals surface area contributed by atoms with E-state index in [2.05, 4.69) is 10.6 Å². The highest BCUT2D eigenvalue weighted by Crippen LogP contribution is 2.34. The summed E-state index contributed by atoms with van der Waals surface area (Å²) in [4.78, 5) is 25.6. The summed E-state index contributed by atoms with van der Waals surface area (Å²) >= 11 is 0. The van der Waals surface area contributed by atoms with Crippen LogP contribution in [0.25, 0.3) is 0 Å². The van der Waals surface area contributed by atoms with Crippen molar-refractivity contribution in [1.29, 1.82) is 0 Å². The van der Waals surface area contributed by atoms with Gasteiger partial charge in [0.05, 0.1) is 5.69 Å². The maximum Gasteiger partial charge on any atom is 0.319 e. The number of fused-ring (bicyclic) bond motifs is 1. The molecule has 0 spiro atoms. The van der Waals surface area contributed by atoms with Gasteiger partial charge in [0.2, 0.25) is 0 Å². The van der Waals surface area contributed by atoms with E-state index in [-0.39, 0.29) is 24.6 Å². The minimum atomic E-state index is -0.184. The van der Waals surface area contributed by atoms with Crippen molar-refractivity contribution < 1.29 is 14.3 Å². The molecule has 6 nitrogen and oxygen atoms in total. The van der Waals surface area contributed by atoms with Crippen LogP contribution in [0, 0.1) is 0 Å². The van der Waals surface area contributed by atoms with Crippen LogP contribution in [0.3, 0.4) is 0 Å². The Bertz CT molecular complexity index is 597. The Hall–Kier alpha value is -2.24. The summed E-state index contributed by atoms with van der Waals surface area (Å²) in [5.74, 6) is 0.581.